The van der Waals surface area contributed by atoms with Gasteiger partial charge in [-0.1, -0.05) is 19.8 Å². The Morgan fingerprint density at radius 2 is 1.97 bits per heavy atom. The maximum absolute atomic E-state index is 13.1. The van der Waals surface area contributed by atoms with Gasteiger partial charge in [0.15, 0.2) is 0 Å². The lowest BCUT2D eigenvalue weighted by molar-refractivity contribution is 0.102. The summed E-state index contributed by atoms with van der Waals surface area (Å²) in [5.74, 6) is -0.0633. The first-order valence-corrected chi connectivity index (χ1v) is 12.5. The normalized spacial score (nSPS) is 18.9. The zero-order valence-electron chi connectivity index (χ0n) is 18.1. The molecule has 1 fully saturated rings. The molecule has 0 saturated heterocycles. The fourth-order valence-electron chi connectivity index (χ4n) is 3.81. The molecule has 0 aliphatic heterocycles. The summed E-state index contributed by atoms with van der Waals surface area (Å²) in [5, 5.41) is 12.6. The maximum atomic E-state index is 13.1. The van der Waals surface area contributed by atoms with E-state index in [1.165, 1.54) is 36.6 Å². The zero-order valence-corrected chi connectivity index (χ0v) is 19.7. The van der Waals surface area contributed by atoms with Crippen LogP contribution in [0.15, 0.2) is 23.1 Å². The summed E-state index contributed by atoms with van der Waals surface area (Å²) >= 11 is 1.32. The Labute approximate surface area is 187 Å². The van der Waals surface area contributed by atoms with Gasteiger partial charge in [0.25, 0.3) is 5.91 Å². The minimum Gasteiger partial charge on any atom is -0.495 e. The topological polar surface area (TPSA) is 108 Å². The van der Waals surface area contributed by atoms with Crippen molar-refractivity contribution in [1.82, 2.24) is 4.72 Å². The van der Waals surface area contributed by atoms with Gasteiger partial charge in [0.2, 0.25) is 10.0 Å². The highest BCUT2D eigenvalue weighted by Crippen LogP contribution is 2.33. The number of amides is 1. The quantitative estimate of drug-likeness (QED) is 0.665. The van der Waals surface area contributed by atoms with E-state index in [1.54, 1.807) is 0 Å². The van der Waals surface area contributed by atoms with Gasteiger partial charge in [0.1, 0.15) is 21.7 Å². The van der Waals surface area contributed by atoms with Crippen LogP contribution in [-0.2, 0) is 10.0 Å². The first kappa shape index (κ1) is 23.3. The average molecular weight is 462 g/mol. The minimum atomic E-state index is -3.88. The van der Waals surface area contributed by atoms with Crippen LogP contribution in [0.4, 0.5) is 5.00 Å². The number of carbonyl (C=O) groups excluding carboxylic acids is 1. The molecule has 166 valence electrons. The molecular weight excluding hydrogens is 434 g/mol. The first-order chi connectivity index (χ1) is 14.7. The Kier molecular flexibility index (Phi) is 7.04. The molecule has 0 unspecified atom stereocenters. The third kappa shape index (κ3) is 4.92. The van der Waals surface area contributed by atoms with Crippen LogP contribution in [-0.4, -0.2) is 27.5 Å². The number of benzene rings is 1. The van der Waals surface area contributed by atoms with E-state index in [1.807, 2.05) is 20.8 Å². The Morgan fingerprint density at radius 1 is 1.26 bits per heavy atom. The second kappa shape index (κ2) is 9.39. The predicted octanol–water partition coefficient (Wildman–Crippen LogP) is 4.35. The highest BCUT2D eigenvalue weighted by molar-refractivity contribution is 7.89. The van der Waals surface area contributed by atoms with Crippen LogP contribution in [0, 0.1) is 31.1 Å². The molecule has 0 radical (unpaired) electrons. The van der Waals surface area contributed by atoms with Gasteiger partial charge < -0.3 is 10.1 Å². The molecule has 0 spiro atoms. The van der Waals surface area contributed by atoms with Crippen molar-refractivity contribution in [3.05, 3.63) is 39.8 Å². The Balaban J connectivity index is 1.90. The molecule has 2 atom stereocenters. The molecular formula is C22H27N3O4S2. The fraction of sp³-hybridized carbons (Fsp3) is 0.455. The number of nitrogens with one attached hydrogen (secondary N) is 2. The molecule has 9 heteroatoms. The third-order valence-electron chi connectivity index (χ3n) is 5.86. The van der Waals surface area contributed by atoms with E-state index < -0.39 is 15.9 Å². The second-order valence-corrected chi connectivity index (χ2v) is 10.8. The molecule has 7 nitrogen and oxygen atoms in total. The number of ether oxygens (including phenoxy) is 1. The number of nitriles is 1. The highest BCUT2D eigenvalue weighted by atomic mass is 32.2. The SMILES string of the molecule is COc1ccc(C(=O)Nc2sc(C)c(C)c2C#N)cc1S(=O)(=O)N[C@@H]1CCCC[C@H]1C. The van der Waals surface area contributed by atoms with Crippen molar-refractivity contribution in [1.29, 1.82) is 5.26 Å². The molecule has 0 bridgehead atoms. The van der Waals surface area contributed by atoms with Gasteiger partial charge in [-0.3, -0.25) is 4.79 Å². The average Bonchev–Trinajstić information content (AvgIpc) is 3.01. The van der Waals surface area contributed by atoms with Crippen molar-refractivity contribution < 1.29 is 17.9 Å². The molecule has 1 aliphatic carbocycles. The fourth-order valence-corrected chi connectivity index (χ4v) is 6.39. The molecule has 1 aliphatic rings. The van der Waals surface area contributed by atoms with Gasteiger partial charge in [-0.05, 0) is 56.4 Å². The Morgan fingerprint density at radius 3 is 2.61 bits per heavy atom. The zero-order chi connectivity index (χ0) is 22.8. The molecule has 1 aromatic heterocycles. The van der Waals surface area contributed by atoms with Crippen molar-refractivity contribution >= 4 is 32.3 Å². The van der Waals surface area contributed by atoms with Crippen molar-refractivity contribution in [2.45, 2.75) is 57.4 Å². The van der Waals surface area contributed by atoms with Crippen LogP contribution in [0.3, 0.4) is 0 Å². The van der Waals surface area contributed by atoms with Crippen LogP contribution in [0.25, 0.3) is 0 Å². The number of rotatable bonds is 6. The van der Waals surface area contributed by atoms with E-state index in [9.17, 15) is 18.5 Å². The number of nitrogens with zero attached hydrogens (tertiary/aromatic N) is 1. The Bertz CT molecular complexity index is 1130. The maximum Gasteiger partial charge on any atom is 0.256 e. The van der Waals surface area contributed by atoms with E-state index in [2.05, 4.69) is 16.1 Å². The number of hydrogen-bond donors (Lipinski definition) is 2. The standard InChI is InChI=1S/C22H27N3O4S2/c1-13-7-5-6-8-18(13)25-31(27,28)20-11-16(9-10-19(20)29-4)21(26)24-22-17(12-23)14(2)15(3)30-22/h9-11,13,18,25H,5-8H2,1-4H3,(H,24,26)/t13-,18-/m1/s1. The highest BCUT2D eigenvalue weighted by Gasteiger charge is 2.29. The lowest BCUT2D eigenvalue weighted by atomic mass is 9.87. The Hall–Kier alpha value is -2.41. The lowest BCUT2D eigenvalue weighted by Gasteiger charge is -2.29. The molecule has 31 heavy (non-hydrogen) atoms. The number of hydrogen-bond acceptors (Lipinski definition) is 6. The van der Waals surface area contributed by atoms with Crippen LogP contribution in [0.1, 0.15) is 59.0 Å². The van der Waals surface area contributed by atoms with Crippen molar-refractivity contribution in [2.75, 3.05) is 12.4 Å². The summed E-state index contributed by atoms with van der Waals surface area (Å²) in [5.41, 5.74) is 1.42. The van der Waals surface area contributed by atoms with Gasteiger partial charge >= 0.3 is 0 Å². The number of sulfonamides is 1. The lowest BCUT2D eigenvalue weighted by Crippen LogP contribution is -2.41. The van der Waals surface area contributed by atoms with E-state index in [4.69, 9.17) is 4.74 Å². The summed E-state index contributed by atoms with van der Waals surface area (Å²) in [6.45, 7) is 5.76. The van der Waals surface area contributed by atoms with Gasteiger partial charge in [-0.25, -0.2) is 13.1 Å². The van der Waals surface area contributed by atoms with Gasteiger partial charge in [0, 0.05) is 16.5 Å². The summed E-state index contributed by atoms with van der Waals surface area (Å²) < 4.78 is 34.4. The third-order valence-corrected chi connectivity index (χ3v) is 8.49. The summed E-state index contributed by atoms with van der Waals surface area (Å²) in [4.78, 5) is 13.7. The number of carbonyl (C=O) groups is 1. The van der Waals surface area contributed by atoms with Gasteiger partial charge in [-0.2, -0.15) is 5.26 Å². The van der Waals surface area contributed by atoms with E-state index >= 15 is 0 Å². The van der Waals surface area contributed by atoms with E-state index in [0.717, 1.165) is 36.1 Å². The van der Waals surface area contributed by atoms with E-state index in [0.29, 0.717) is 10.6 Å². The van der Waals surface area contributed by atoms with Gasteiger partial charge in [-0.15, -0.1) is 11.3 Å². The number of anilines is 1. The smallest absolute Gasteiger partial charge is 0.256 e. The molecule has 1 heterocycles. The van der Waals surface area contributed by atoms with Gasteiger partial charge in [0.05, 0.1) is 12.7 Å². The van der Waals surface area contributed by atoms with Crippen molar-refractivity contribution in [2.24, 2.45) is 5.92 Å². The van der Waals surface area contributed by atoms with E-state index in [-0.39, 0.29) is 28.2 Å². The van der Waals surface area contributed by atoms with Crippen molar-refractivity contribution in [3.63, 3.8) is 0 Å². The summed E-state index contributed by atoms with van der Waals surface area (Å²) in [6.07, 6.45) is 3.85. The molecule has 1 aromatic carbocycles. The van der Waals surface area contributed by atoms with Crippen LogP contribution in [0.5, 0.6) is 5.75 Å². The monoisotopic (exact) mass is 461 g/mol. The molecule has 3 rings (SSSR count). The molecule has 1 amide bonds. The number of methoxy groups -OCH3 is 1. The number of aryl methyl sites for hydroxylation is 1. The molecule has 1 saturated carbocycles. The predicted molar refractivity (Wildman–Crippen MR) is 121 cm³/mol. The van der Waals surface area contributed by atoms with Crippen molar-refractivity contribution in [3.8, 4) is 11.8 Å². The second-order valence-electron chi connectivity index (χ2n) is 7.91. The van der Waals surface area contributed by atoms with Crippen LogP contribution >= 0.6 is 11.3 Å². The molecule has 2 aromatic rings. The number of thiophene rings is 1. The summed E-state index contributed by atoms with van der Waals surface area (Å²) in [7, 11) is -2.49. The first-order valence-electron chi connectivity index (χ1n) is 10.2. The van der Waals surface area contributed by atoms with Crippen LogP contribution in [0.2, 0.25) is 0 Å². The van der Waals surface area contributed by atoms with Crippen LogP contribution < -0.4 is 14.8 Å². The summed E-state index contributed by atoms with van der Waals surface area (Å²) in [6, 6.07) is 6.28. The minimum absolute atomic E-state index is 0.0699. The molecule has 2 N–H and O–H groups in total. The largest absolute Gasteiger partial charge is 0.495 e.